The van der Waals surface area contributed by atoms with Crippen molar-refractivity contribution < 1.29 is 0 Å². The van der Waals surface area contributed by atoms with Gasteiger partial charge in [-0.3, -0.25) is 0 Å². The molecule has 0 radical (unpaired) electrons. The summed E-state index contributed by atoms with van der Waals surface area (Å²) in [5.74, 6) is 0. The quantitative estimate of drug-likeness (QED) is 0.902. The normalized spacial score (nSPS) is 18.3. The van der Waals surface area contributed by atoms with Crippen LogP contribution in [0.5, 0.6) is 0 Å². The average molecular weight is 268 g/mol. The number of nitrogens with zero attached hydrogens (tertiary/aromatic N) is 3. The number of rotatable bonds is 4. The predicted octanol–water partition coefficient (Wildman–Crippen LogP) is 1.78. The van der Waals surface area contributed by atoms with E-state index < -0.39 is 0 Å². The average Bonchev–Trinajstić information content (AvgIpc) is 2.69. The largest absolute Gasteiger partial charge is 0.347 e. The lowest BCUT2D eigenvalue weighted by Crippen LogP contribution is -2.28. The number of aromatic nitrogens is 1. The summed E-state index contributed by atoms with van der Waals surface area (Å²) in [5.41, 5.74) is 1.17. The highest BCUT2D eigenvalue weighted by atomic mass is 32.1. The third-order valence-corrected chi connectivity index (χ3v) is 4.17. The molecule has 1 aliphatic rings. The van der Waals surface area contributed by atoms with Crippen LogP contribution in [0.15, 0.2) is 5.38 Å². The van der Waals surface area contributed by atoms with Crippen LogP contribution in [0.4, 0.5) is 5.13 Å². The minimum Gasteiger partial charge on any atom is -0.347 e. The van der Waals surface area contributed by atoms with E-state index in [0.29, 0.717) is 6.04 Å². The molecule has 0 aromatic carbocycles. The van der Waals surface area contributed by atoms with Gasteiger partial charge >= 0.3 is 0 Å². The summed E-state index contributed by atoms with van der Waals surface area (Å²) in [6.45, 7) is 9.77. The van der Waals surface area contributed by atoms with Gasteiger partial charge in [-0.1, -0.05) is 13.8 Å². The Labute approximate surface area is 114 Å². The van der Waals surface area contributed by atoms with Crippen LogP contribution in [0.2, 0.25) is 0 Å². The molecule has 0 saturated carbocycles. The number of thiazole rings is 1. The Kier molecular flexibility index (Phi) is 4.97. The molecule has 0 amide bonds. The van der Waals surface area contributed by atoms with Crippen molar-refractivity contribution in [2.24, 2.45) is 0 Å². The van der Waals surface area contributed by atoms with Crippen LogP contribution in [-0.2, 0) is 6.54 Å². The first-order valence-corrected chi connectivity index (χ1v) is 7.64. The van der Waals surface area contributed by atoms with Crippen molar-refractivity contribution in [3.05, 3.63) is 11.1 Å². The molecule has 1 saturated heterocycles. The molecule has 0 atom stereocenters. The summed E-state index contributed by atoms with van der Waals surface area (Å²) in [6, 6.07) is 0.516. The van der Waals surface area contributed by atoms with Gasteiger partial charge in [0.25, 0.3) is 0 Å². The van der Waals surface area contributed by atoms with Crippen LogP contribution in [0, 0.1) is 0 Å². The minimum atomic E-state index is 0.516. The lowest BCUT2D eigenvalue weighted by Gasteiger charge is -2.19. The molecule has 18 heavy (non-hydrogen) atoms. The van der Waals surface area contributed by atoms with E-state index in [9.17, 15) is 0 Å². The smallest absolute Gasteiger partial charge is 0.185 e. The monoisotopic (exact) mass is 268 g/mol. The molecule has 0 bridgehead atoms. The van der Waals surface area contributed by atoms with Crippen molar-refractivity contribution in [3.8, 4) is 0 Å². The number of hydrogen-bond acceptors (Lipinski definition) is 5. The third kappa shape index (κ3) is 3.93. The molecule has 1 aliphatic heterocycles. The molecule has 5 heteroatoms. The molecule has 2 heterocycles. The Morgan fingerprint density at radius 3 is 2.94 bits per heavy atom. The highest BCUT2D eigenvalue weighted by molar-refractivity contribution is 7.13. The summed E-state index contributed by atoms with van der Waals surface area (Å²) in [6.07, 6.45) is 1.23. The first-order chi connectivity index (χ1) is 8.65. The van der Waals surface area contributed by atoms with Gasteiger partial charge in [0.15, 0.2) is 5.13 Å². The molecule has 1 aromatic heterocycles. The zero-order valence-electron chi connectivity index (χ0n) is 11.6. The molecule has 2 rings (SSSR count). The standard InChI is InChI=1S/C13H24N4S/c1-11(2)14-9-12-10-18-13(15-12)17-6-4-5-16(3)7-8-17/h10-11,14H,4-9H2,1-3H3. The van der Waals surface area contributed by atoms with E-state index in [1.165, 1.54) is 23.8 Å². The van der Waals surface area contributed by atoms with Gasteiger partial charge in [-0.25, -0.2) is 4.98 Å². The fourth-order valence-electron chi connectivity index (χ4n) is 2.07. The van der Waals surface area contributed by atoms with Crippen molar-refractivity contribution in [2.75, 3.05) is 38.1 Å². The van der Waals surface area contributed by atoms with Crippen molar-refractivity contribution >= 4 is 16.5 Å². The lowest BCUT2D eigenvalue weighted by atomic mass is 10.4. The van der Waals surface area contributed by atoms with Crippen molar-refractivity contribution in [3.63, 3.8) is 0 Å². The summed E-state index contributed by atoms with van der Waals surface area (Å²) in [7, 11) is 2.20. The zero-order chi connectivity index (χ0) is 13.0. The first kappa shape index (κ1) is 13.8. The summed E-state index contributed by atoms with van der Waals surface area (Å²) < 4.78 is 0. The van der Waals surface area contributed by atoms with Crippen LogP contribution in [0.25, 0.3) is 0 Å². The second-order valence-electron chi connectivity index (χ2n) is 5.30. The van der Waals surface area contributed by atoms with E-state index in [2.05, 4.69) is 41.4 Å². The molecule has 102 valence electrons. The maximum absolute atomic E-state index is 4.74. The molecule has 0 unspecified atom stereocenters. The highest BCUT2D eigenvalue weighted by Gasteiger charge is 2.15. The van der Waals surface area contributed by atoms with Gasteiger partial charge in [0.05, 0.1) is 5.69 Å². The van der Waals surface area contributed by atoms with Gasteiger partial charge in [-0.2, -0.15) is 0 Å². The maximum Gasteiger partial charge on any atom is 0.185 e. The SMILES string of the molecule is CC(C)NCc1csc(N2CCCN(C)CC2)n1. The first-order valence-electron chi connectivity index (χ1n) is 6.76. The maximum atomic E-state index is 4.74. The Morgan fingerprint density at radius 2 is 2.17 bits per heavy atom. The minimum absolute atomic E-state index is 0.516. The molecule has 0 aliphatic carbocycles. The van der Waals surface area contributed by atoms with E-state index in [0.717, 1.165) is 26.2 Å². The van der Waals surface area contributed by atoms with Gasteiger partial charge in [0.1, 0.15) is 0 Å². The fourth-order valence-corrected chi connectivity index (χ4v) is 2.95. The number of likely N-dealkylation sites (N-methyl/N-ethyl adjacent to an activating group) is 1. The topological polar surface area (TPSA) is 31.4 Å². The summed E-state index contributed by atoms with van der Waals surface area (Å²) >= 11 is 1.77. The lowest BCUT2D eigenvalue weighted by molar-refractivity contribution is 0.360. The molecule has 0 spiro atoms. The van der Waals surface area contributed by atoms with E-state index in [4.69, 9.17) is 4.98 Å². The molecule has 1 fully saturated rings. The van der Waals surface area contributed by atoms with Gasteiger partial charge in [0.2, 0.25) is 0 Å². The Hall–Kier alpha value is -0.650. The summed E-state index contributed by atoms with van der Waals surface area (Å²) in [5, 5.41) is 6.78. The van der Waals surface area contributed by atoms with Crippen LogP contribution < -0.4 is 10.2 Å². The van der Waals surface area contributed by atoms with E-state index in [1.54, 1.807) is 11.3 Å². The van der Waals surface area contributed by atoms with E-state index in [1.807, 2.05) is 0 Å². The predicted molar refractivity (Wildman–Crippen MR) is 78.4 cm³/mol. The van der Waals surface area contributed by atoms with E-state index in [-0.39, 0.29) is 0 Å². The van der Waals surface area contributed by atoms with Gasteiger partial charge in [-0.15, -0.1) is 11.3 Å². The highest BCUT2D eigenvalue weighted by Crippen LogP contribution is 2.21. The number of nitrogens with one attached hydrogen (secondary N) is 1. The van der Waals surface area contributed by atoms with Crippen LogP contribution >= 0.6 is 11.3 Å². The second-order valence-corrected chi connectivity index (χ2v) is 6.14. The molecular weight excluding hydrogens is 244 g/mol. The van der Waals surface area contributed by atoms with Crippen LogP contribution in [0.3, 0.4) is 0 Å². The third-order valence-electron chi connectivity index (χ3n) is 3.22. The van der Waals surface area contributed by atoms with Gasteiger partial charge in [0, 0.05) is 37.6 Å². The number of hydrogen-bond donors (Lipinski definition) is 1. The van der Waals surface area contributed by atoms with Gasteiger partial charge < -0.3 is 15.1 Å². The number of anilines is 1. The van der Waals surface area contributed by atoms with Crippen molar-refractivity contribution in [1.82, 2.24) is 15.2 Å². The molecule has 1 N–H and O–H groups in total. The Balaban J connectivity index is 1.92. The Morgan fingerprint density at radius 1 is 1.33 bits per heavy atom. The summed E-state index contributed by atoms with van der Waals surface area (Å²) in [4.78, 5) is 9.56. The van der Waals surface area contributed by atoms with Crippen molar-refractivity contribution in [1.29, 1.82) is 0 Å². The van der Waals surface area contributed by atoms with Crippen molar-refractivity contribution in [2.45, 2.75) is 32.9 Å². The zero-order valence-corrected chi connectivity index (χ0v) is 12.5. The molecule has 1 aromatic rings. The van der Waals surface area contributed by atoms with E-state index >= 15 is 0 Å². The molecular formula is C13H24N4S. The van der Waals surface area contributed by atoms with Crippen LogP contribution in [-0.4, -0.2) is 49.2 Å². The Bertz CT molecular complexity index is 364. The molecule has 4 nitrogen and oxygen atoms in total. The van der Waals surface area contributed by atoms with Crippen LogP contribution in [0.1, 0.15) is 26.0 Å². The second kappa shape index (κ2) is 6.50. The fraction of sp³-hybridized carbons (Fsp3) is 0.769. The van der Waals surface area contributed by atoms with Gasteiger partial charge in [-0.05, 0) is 20.0 Å².